The van der Waals surface area contributed by atoms with Crippen LogP contribution in [0.25, 0.3) is 5.69 Å². The van der Waals surface area contributed by atoms with Gasteiger partial charge in [0.15, 0.2) is 5.11 Å². The zero-order valence-electron chi connectivity index (χ0n) is 20.6. The van der Waals surface area contributed by atoms with Crippen LogP contribution in [0, 0.1) is 34.6 Å². The van der Waals surface area contributed by atoms with Gasteiger partial charge in [0.1, 0.15) is 0 Å². The summed E-state index contributed by atoms with van der Waals surface area (Å²) in [7, 11) is 0. The number of nitrogens with one attached hydrogen (secondary N) is 1. The molecule has 0 saturated carbocycles. The van der Waals surface area contributed by atoms with Crippen molar-refractivity contribution in [1.29, 1.82) is 0 Å². The Kier molecular flexibility index (Phi) is 6.16. The summed E-state index contributed by atoms with van der Waals surface area (Å²) in [4.78, 5) is 6.89. The van der Waals surface area contributed by atoms with E-state index in [2.05, 4.69) is 73.7 Å². The highest BCUT2D eigenvalue weighted by molar-refractivity contribution is 7.80. The number of anilines is 1. The highest BCUT2D eigenvalue weighted by atomic mass is 35.5. The van der Waals surface area contributed by atoms with Crippen LogP contribution in [-0.4, -0.2) is 14.7 Å². The van der Waals surface area contributed by atoms with E-state index in [0.717, 1.165) is 11.4 Å². The molecule has 4 nitrogen and oxygen atoms in total. The first kappa shape index (κ1) is 23.6. The number of thiocarbonyl (C=S) groups is 1. The quantitative estimate of drug-likeness (QED) is 0.299. The molecule has 1 aliphatic rings. The number of benzene rings is 2. The lowest BCUT2D eigenvalue weighted by molar-refractivity contribution is 0.565. The highest BCUT2D eigenvalue weighted by Crippen LogP contribution is 2.44. The Labute approximate surface area is 217 Å². The van der Waals surface area contributed by atoms with Crippen LogP contribution < -0.4 is 10.2 Å². The minimum Gasteiger partial charge on any atom is -0.351 e. The smallest absolute Gasteiger partial charge is 0.174 e. The van der Waals surface area contributed by atoms with E-state index in [4.69, 9.17) is 28.8 Å². The molecule has 5 rings (SSSR count). The molecule has 1 saturated heterocycles. The molecule has 0 spiro atoms. The standard InChI is InChI=1S/C29H29ClN4S/c1-17-14-18(2)27(19(3)15-17)33-20(4)16-24(21(33)5)28-26(25-8-6-7-13-31-25)32-29(35)34(28)23-11-9-22(30)10-12-23/h6-16,26,28H,1-5H3,(H,32,35)/t26-,28-/m1/s1. The summed E-state index contributed by atoms with van der Waals surface area (Å²) in [6.45, 7) is 10.9. The predicted molar refractivity (Wildman–Crippen MR) is 149 cm³/mol. The van der Waals surface area contributed by atoms with Gasteiger partial charge in [-0.2, -0.15) is 0 Å². The third-order valence-corrected chi connectivity index (χ3v) is 7.42. The van der Waals surface area contributed by atoms with E-state index in [0.29, 0.717) is 10.1 Å². The second kappa shape index (κ2) is 9.14. The van der Waals surface area contributed by atoms with E-state index in [1.54, 1.807) is 0 Å². The second-order valence-electron chi connectivity index (χ2n) is 9.38. The molecule has 0 unspecified atom stereocenters. The molecular formula is C29H29ClN4S. The fourth-order valence-electron chi connectivity index (χ4n) is 5.51. The highest BCUT2D eigenvalue weighted by Gasteiger charge is 2.42. The Morgan fingerprint density at radius 3 is 2.23 bits per heavy atom. The van der Waals surface area contributed by atoms with Gasteiger partial charge in [0.2, 0.25) is 0 Å². The van der Waals surface area contributed by atoms with Crippen molar-refractivity contribution in [3.8, 4) is 5.69 Å². The molecule has 0 aliphatic carbocycles. The zero-order valence-corrected chi connectivity index (χ0v) is 22.2. The fourth-order valence-corrected chi connectivity index (χ4v) is 5.98. The van der Waals surface area contributed by atoms with Crippen molar-refractivity contribution >= 4 is 34.6 Å². The minimum absolute atomic E-state index is 0.0652. The van der Waals surface area contributed by atoms with Gasteiger partial charge in [0.05, 0.1) is 23.5 Å². The predicted octanol–water partition coefficient (Wildman–Crippen LogP) is 7.24. The molecule has 1 fully saturated rings. The van der Waals surface area contributed by atoms with Crippen LogP contribution >= 0.6 is 23.8 Å². The van der Waals surface area contributed by atoms with E-state index in [9.17, 15) is 0 Å². The van der Waals surface area contributed by atoms with Crippen LogP contribution in [0.4, 0.5) is 5.69 Å². The zero-order chi connectivity index (χ0) is 24.9. The molecule has 0 bridgehead atoms. The third-order valence-electron chi connectivity index (χ3n) is 6.85. The molecule has 1 aliphatic heterocycles. The monoisotopic (exact) mass is 500 g/mol. The Bertz CT molecular complexity index is 1390. The number of aryl methyl sites for hydroxylation is 4. The van der Waals surface area contributed by atoms with Crippen molar-refractivity contribution in [1.82, 2.24) is 14.9 Å². The first-order chi connectivity index (χ1) is 16.8. The average Bonchev–Trinajstić information content (AvgIpc) is 3.30. The van der Waals surface area contributed by atoms with E-state index in [1.807, 2.05) is 42.6 Å². The normalized spacial score (nSPS) is 17.7. The largest absolute Gasteiger partial charge is 0.351 e. The third kappa shape index (κ3) is 4.13. The van der Waals surface area contributed by atoms with Gasteiger partial charge in [-0.1, -0.05) is 35.4 Å². The lowest BCUT2D eigenvalue weighted by Crippen LogP contribution is -2.29. The van der Waals surface area contributed by atoms with Crippen LogP contribution in [0.5, 0.6) is 0 Å². The topological polar surface area (TPSA) is 33.1 Å². The van der Waals surface area contributed by atoms with E-state index in [1.165, 1.54) is 39.3 Å². The molecule has 178 valence electrons. The van der Waals surface area contributed by atoms with Gasteiger partial charge in [-0.05, 0) is 106 Å². The van der Waals surface area contributed by atoms with E-state index < -0.39 is 0 Å². The number of hydrogen-bond donors (Lipinski definition) is 1. The van der Waals surface area contributed by atoms with Crippen molar-refractivity contribution in [2.45, 2.75) is 46.7 Å². The molecule has 2 aromatic carbocycles. The summed E-state index contributed by atoms with van der Waals surface area (Å²) in [5, 5.41) is 4.94. The van der Waals surface area contributed by atoms with Gasteiger partial charge in [-0.25, -0.2) is 0 Å². The van der Waals surface area contributed by atoms with Crippen molar-refractivity contribution in [2.75, 3.05) is 4.90 Å². The van der Waals surface area contributed by atoms with Gasteiger partial charge < -0.3 is 14.8 Å². The van der Waals surface area contributed by atoms with E-state index in [-0.39, 0.29) is 12.1 Å². The first-order valence-corrected chi connectivity index (χ1v) is 12.6. The molecule has 35 heavy (non-hydrogen) atoms. The van der Waals surface area contributed by atoms with Gasteiger partial charge in [-0.15, -0.1) is 0 Å². The summed E-state index contributed by atoms with van der Waals surface area (Å²) in [5.41, 5.74) is 10.7. The maximum absolute atomic E-state index is 6.21. The number of aromatic nitrogens is 2. The summed E-state index contributed by atoms with van der Waals surface area (Å²) >= 11 is 12.1. The SMILES string of the molecule is Cc1cc(C)c(-n2c(C)cc([C@@H]3[C@@H](c4ccccn4)NC(=S)N3c3ccc(Cl)cc3)c2C)c(C)c1. The van der Waals surface area contributed by atoms with Crippen LogP contribution in [0.2, 0.25) is 5.02 Å². The summed E-state index contributed by atoms with van der Waals surface area (Å²) in [6.07, 6.45) is 1.84. The second-order valence-corrected chi connectivity index (χ2v) is 10.2. The molecule has 6 heteroatoms. The Balaban J connectivity index is 1.71. The molecule has 2 atom stereocenters. The molecule has 2 aromatic heterocycles. The van der Waals surface area contributed by atoms with Gasteiger partial charge in [0, 0.05) is 28.3 Å². The molecule has 0 radical (unpaired) electrons. The van der Waals surface area contributed by atoms with Crippen molar-refractivity contribution in [3.63, 3.8) is 0 Å². The van der Waals surface area contributed by atoms with E-state index >= 15 is 0 Å². The Hall–Kier alpha value is -3.15. The lowest BCUT2D eigenvalue weighted by Gasteiger charge is -2.28. The van der Waals surface area contributed by atoms with Crippen molar-refractivity contribution < 1.29 is 0 Å². The molecule has 1 N–H and O–H groups in total. The fraction of sp³-hybridized carbons (Fsp3) is 0.241. The molecule has 3 heterocycles. The number of rotatable bonds is 4. The van der Waals surface area contributed by atoms with Crippen LogP contribution in [0.1, 0.15) is 51.4 Å². The Morgan fingerprint density at radius 1 is 0.914 bits per heavy atom. The molecule has 0 amide bonds. The summed E-state index contributed by atoms with van der Waals surface area (Å²) in [6, 6.07) is 20.6. The summed E-state index contributed by atoms with van der Waals surface area (Å²) < 4.78 is 2.39. The number of pyridine rings is 1. The summed E-state index contributed by atoms with van der Waals surface area (Å²) in [5.74, 6) is 0. The number of nitrogens with zero attached hydrogens (tertiary/aromatic N) is 3. The first-order valence-electron chi connectivity index (χ1n) is 11.8. The number of halogens is 1. The van der Waals surface area contributed by atoms with Crippen LogP contribution in [-0.2, 0) is 0 Å². The van der Waals surface area contributed by atoms with Crippen LogP contribution in [0.15, 0.2) is 66.9 Å². The average molecular weight is 501 g/mol. The van der Waals surface area contributed by atoms with Crippen LogP contribution in [0.3, 0.4) is 0 Å². The lowest BCUT2D eigenvalue weighted by atomic mass is 9.96. The minimum atomic E-state index is -0.0893. The van der Waals surface area contributed by atoms with Gasteiger partial charge in [-0.3, -0.25) is 4.98 Å². The Morgan fingerprint density at radius 2 is 1.60 bits per heavy atom. The molecule has 4 aromatic rings. The van der Waals surface area contributed by atoms with Gasteiger partial charge >= 0.3 is 0 Å². The van der Waals surface area contributed by atoms with Gasteiger partial charge in [0.25, 0.3) is 0 Å². The maximum atomic E-state index is 6.21. The number of hydrogen-bond acceptors (Lipinski definition) is 2. The maximum Gasteiger partial charge on any atom is 0.174 e. The van der Waals surface area contributed by atoms with Crippen molar-refractivity contribution in [3.05, 3.63) is 111 Å². The van der Waals surface area contributed by atoms with Crippen molar-refractivity contribution in [2.24, 2.45) is 0 Å². The molecular weight excluding hydrogens is 472 g/mol.